The molecule has 1 aromatic carbocycles. The smallest absolute Gasteiger partial charge is 0.306 e. The molecule has 0 aromatic heterocycles. The summed E-state index contributed by atoms with van der Waals surface area (Å²) in [4.78, 5) is 25.6. The van der Waals surface area contributed by atoms with Gasteiger partial charge in [-0.05, 0) is 24.8 Å². The van der Waals surface area contributed by atoms with Crippen LogP contribution in [0.3, 0.4) is 0 Å². The van der Waals surface area contributed by atoms with Crippen molar-refractivity contribution >= 4 is 11.9 Å². The van der Waals surface area contributed by atoms with Gasteiger partial charge in [-0.1, -0.05) is 160 Å². The van der Waals surface area contributed by atoms with Gasteiger partial charge in [0.15, 0.2) is 0 Å². The molecule has 0 spiro atoms. The lowest BCUT2D eigenvalue weighted by Gasteiger charge is -2.21. The number of ether oxygens (including phenoxy) is 2. The molecule has 1 rings (SSSR count). The van der Waals surface area contributed by atoms with E-state index in [0.717, 1.165) is 31.2 Å². The molecule has 0 radical (unpaired) electrons. The molecular weight excluding hydrogens is 550 g/mol. The highest BCUT2D eigenvalue weighted by Crippen LogP contribution is 2.17. The van der Waals surface area contributed by atoms with E-state index in [0.29, 0.717) is 19.4 Å². The Kier molecular flexibility index (Phi) is 27.1. The fraction of sp³-hybridized carbons (Fsp3) is 0.789. The fourth-order valence-corrected chi connectivity index (χ4v) is 5.59. The first kappa shape index (κ1) is 40.1. The Labute approximate surface area is 270 Å². The minimum atomic E-state index is -0.494. The minimum absolute atomic E-state index is 0.121. The van der Waals surface area contributed by atoms with Gasteiger partial charge >= 0.3 is 5.97 Å². The number of aliphatic hydroxyl groups is 1. The zero-order valence-electron chi connectivity index (χ0n) is 28.5. The molecule has 2 N–H and O–H groups in total. The Morgan fingerprint density at radius 2 is 1.20 bits per heavy atom. The van der Waals surface area contributed by atoms with Gasteiger partial charge in [-0.15, -0.1) is 0 Å². The van der Waals surface area contributed by atoms with Crippen LogP contribution in [0.4, 0.5) is 0 Å². The summed E-state index contributed by atoms with van der Waals surface area (Å²) in [5.74, 6) is -0.407. The highest BCUT2D eigenvalue weighted by Gasteiger charge is 2.20. The fourth-order valence-electron chi connectivity index (χ4n) is 5.59. The number of nitrogens with one attached hydrogen (secondary N) is 1. The van der Waals surface area contributed by atoms with Crippen LogP contribution in [-0.2, 0) is 25.7 Å². The lowest BCUT2D eigenvalue weighted by atomic mass is 10.0. The first-order valence-corrected chi connectivity index (χ1v) is 18.3. The van der Waals surface area contributed by atoms with Gasteiger partial charge in [0, 0.05) is 6.42 Å². The van der Waals surface area contributed by atoms with Crippen LogP contribution in [-0.4, -0.2) is 42.3 Å². The molecule has 0 saturated carbocycles. The van der Waals surface area contributed by atoms with E-state index in [1.165, 1.54) is 103 Å². The molecule has 0 saturated heterocycles. The van der Waals surface area contributed by atoms with Crippen LogP contribution < -0.4 is 5.32 Å². The molecule has 0 heterocycles. The maximum atomic E-state index is 12.9. The van der Waals surface area contributed by atoms with Crippen molar-refractivity contribution in [3.05, 3.63) is 35.9 Å². The molecule has 0 unspecified atom stereocenters. The Balaban J connectivity index is 2.38. The van der Waals surface area contributed by atoms with Crippen molar-refractivity contribution in [3.8, 4) is 0 Å². The summed E-state index contributed by atoms with van der Waals surface area (Å²) in [7, 11) is 0. The predicted octanol–water partition coefficient (Wildman–Crippen LogP) is 9.60. The largest absolute Gasteiger partial charge is 0.462 e. The van der Waals surface area contributed by atoms with Crippen molar-refractivity contribution in [1.29, 1.82) is 0 Å². The normalized spacial score (nSPS) is 12.6. The number of carbonyl (C=O) groups excluding carboxylic acids is 2. The van der Waals surface area contributed by atoms with E-state index in [2.05, 4.69) is 19.2 Å². The van der Waals surface area contributed by atoms with Gasteiger partial charge in [0.1, 0.15) is 6.10 Å². The Morgan fingerprint density at radius 3 is 1.73 bits per heavy atom. The number of rotatable bonds is 31. The van der Waals surface area contributed by atoms with Crippen LogP contribution in [0.1, 0.15) is 167 Å². The lowest BCUT2D eigenvalue weighted by molar-refractivity contribution is -0.151. The molecular formula is C38H67NO5. The SMILES string of the molecule is CCCCCCCCCCCCCC(=O)O[C@H](CCCCCCCCCCC)CC(=O)N[C@H](CO)COCc1ccccc1. The number of hydrogen-bond donors (Lipinski definition) is 2. The van der Waals surface area contributed by atoms with E-state index >= 15 is 0 Å². The van der Waals surface area contributed by atoms with Crippen LogP contribution in [0.25, 0.3) is 0 Å². The number of amides is 1. The molecule has 0 bridgehead atoms. The van der Waals surface area contributed by atoms with Crippen molar-refractivity contribution < 1.29 is 24.2 Å². The molecule has 1 aromatic rings. The molecule has 6 heteroatoms. The van der Waals surface area contributed by atoms with Gasteiger partial charge in [-0.3, -0.25) is 9.59 Å². The molecule has 1 amide bonds. The van der Waals surface area contributed by atoms with Crippen molar-refractivity contribution in [2.75, 3.05) is 13.2 Å². The van der Waals surface area contributed by atoms with E-state index in [-0.39, 0.29) is 31.5 Å². The summed E-state index contributed by atoms with van der Waals surface area (Å²) in [5, 5.41) is 12.7. The monoisotopic (exact) mass is 618 g/mol. The van der Waals surface area contributed by atoms with Crippen LogP contribution in [0.5, 0.6) is 0 Å². The third-order valence-electron chi connectivity index (χ3n) is 8.34. The summed E-state index contributed by atoms with van der Waals surface area (Å²) in [5.41, 5.74) is 1.04. The van der Waals surface area contributed by atoms with Gasteiger partial charge in [0.2, 0.25) is 5.91 Å². The van der Waals surface area contributed by atoms with Gasteiger partial charge in [-0.25, -0.2) is 0 Å². The molecule has 44 heavy (non-hydrogen) atoms. The van der Waals surface area contributed by atoms with Crippen molar-refractivity contribution in [2.24, 2.45) is 0 Å². The van der Waals surface area contributed by atoms with Gasteiger partial charge in [0.25, 0.3) is 0 Å². The zero-order valence-corrected chi connectivity index (χ0v) is 28.5. The molecule has 0 aliphatic heterocycles. The first-order chi connectivity index (χ1) is 21.6. The Bertz CT molecular complexity index is 787. The van der Waals surface area contributed by atoms with E-state index in [9.17, 15) is 14.7 Å². The van der Waals surface area contributed by atoms with E-state index < -0.39 is 12.1 Å². The van der Waals surface area contributed by atoms with Crippen molar-refractivity contribution in [3.63, 3.8) is 0 Å². The van der Waals surface area contributed by atoms with Crippen LogP contribution in [0, 0.1) is 0 Å². The second-order valence-corrected chi connectivity index (χ2v) is 12.7. The van der Waals surface area contributed by atoms with Gasteiger partial charge < -0.3 is 19.9 Å². The third kappa shape index (κ3) is 24.4. The van der Waals surface area contributed by atoms with Crippen molar-refractivity contribution in [1.82, 2.24) is 5.32 Å². The summed E-state index contributed by atoms with van der Waals surface area (Å²) < 4.78 is 11.6. The molecule has 6 nitrogen and oxygen atoms in total. The summed E-state index contributed by atoms with van der Waals surface area (Å²) >= 11 is 0. The summed E-state index contributed by atoms with van der Waals surface area (Å²) in [6.07, 6.45) is 25.4. The average molecular weight is 618 g/mol. The topological polar surface area (TPSA) is 84.9 Å². The van der Waals surface area contributed by atoms with Crippen LogP contribution in [0.15, 0.2) is 30.3 Å². The molecule has 0 aliphatic carbocycles. The van der Waals surface area contributed by atoms with Gasteiger partial charge in [0.05, 0.1) is 32.3 Å². The molecule has 2 atom stereocenters. The maximum absolute atomic E-state index is 12.9. The first-order valence-electron chi connectivity index (χ1n) is 18.3. The van der Waals surface area contributed by atoms with E-state index in [1.54, 1.807) is 0 Å². The van der Waals surface area contributed by atoms with E-state index in [4.69, 9.17) is 9.47 Å². The number of esters is 1. The third-order valence-corrected chi connectivity index (χ3v) is 8.34. The highest BCUT2D eigenvalue weighted by molar-refractivity contribution is 5.77. The minimum Gasteiger partial charge on any atom is -0.462 e. The average Bonchev–Trinajstić information content (AvgIpc) is 3.02. The predicted molar refractivity (Wildman–Crippen MR) is 183 cm³/mol. The van der Waals surface area contributed by atoms with E-state index in [1.807, 2.05) is 30.3 Å². The standard InChI is InChI=1S/C38H67NO5/c1-3-5-7-9-11-13-14-16-18-20-25-29-38(42)44-36(28-24-19-17-15-12-10-8-6-4-2)30-37(41)39-35(31-40)33-43-32-34-26-22-21-23-27-34/h21-23,26-27,35-36,40H,3-20,24-25,28-33H2,1-2H3,(H,39,41)/t35-,36-/m1/s1. The second kappa shape index (κ2) is 29.8. The van der Waals surface area contributed by atoms with Crippen LogP contribution >= 0.6 is 0 Å². The highest BCUT2D eigenvalue weighted by atomic mass is 16.5. The quantitative estimate of drug-likeness (QED) is 0.0640. The molecule has 254 valence electrons. The summed E-state index contributed by atoms with van der Waals surface area (Å²) in [6.45, 7) is 4.93. The van der Waals surface area contributed by atoms with Crippen molar-refractivity contribution in [2.45, 2.75) is 180 Å². The molecule has 0 fully saturated rings. The number of aliphatic hydroxyl groups excluding tert-OH is 1. The number of hydrogen-bond acceptors (Lipinski definition) is 5. The Hall–Kier alpha value is -1.92. The van der Waals surface area contributed by atoms with Gasteiger partial charge in [-0.2, -0.15) is 0 Å². The molecule has 0 aliphatic rings. The number of unbranched alkanes of at least 4 members (excludes halogenated alkanes) is 18. The number of carbonyl (C=O) groups is 2. The van der Waals surface area contributed by atoms with Crippen LogP contribution in [0.2, 0.25) is 0 Å². The maximum Gasteiger partial charge on any atom is 0.306 e. The Morgan fingerprint density at radius 1 is 0.705 bits per heavy atom. The number of benzene rings is 1. The summed E-state index contributed by atoms with van der Waals surface area (Å²) in [6, 6.07) is 9.33. The second-order valence-electron chi connectivity index (χ2n) is 12.7. The zero-order chi connectivity index (χ0) is 31.9. The lowest BCUT2D eigenvalue weighted by Crippen LogP contribution is -2.42.